The lowest BCUT2D eigenvalue weighted by Crippen LogP contribution is -1.96. The highest BCUT2D eigenvalue weighted by Crippen LogP contribution is 2.45. The van der Waals surface area contributed by atoms with Crippen molar-refractivity contribution in [2.45, 2.75) is 19.8 Å². The Labute approximate surface area is 84.6 Å². The van der Waals surface area contributed by atoms with Crippen LogP contribution in [0.5, 0.6) is 0 Å². The summed E-state index contributed by atoms with van der Waals surface area (Å²) in [5.74, 6) is 2.10. The van der Waals surface area contributed by atoms with Crippen LogP contribution in [0.3, 0.4) is 0 Å². The van der Waals surface area contributed by atoms with Crippen molar-refractivity contribution in [3.63, 3.8) is 0 Å². The van der Waals surface area contributed by atoms with Gasteiger partial charge < -0.3 is 0 Å². The zero-order valence-corrected chi connectivity index (χ0v) is 8.54. The van der Waals surface area contributed by atoms with Gasteiger partial charge in [-0.15, -0.1) is 0 Å². The third-order valence-electron chi connectivity index (χ3n) is 3.48. The second-order valence-corrected chi connectivity index (χ2v) is 4.16. The minimum Gasteiger partial charge on any atom is -0.0589 e. The predicted molar refractivity (Wildman–Crippen MR) is 60.4 cm³/mol. The van der Waals surface area contributed by atoms with Crippen LogP contribution >= 0.6 is 0 Å². The zero-order chi connectivity index (χ0) is 9.71. The highest BCUT2D eigenvalue weighted by Gasteiger charge is 2.35. The molecule has 1 atom stereocenters. The van der Waals surface area contributed by atoms with E-state index in [0.29, 0.717) is 5.92 Å². The van der Waals surface area contributed by atoms with E-state index < -0.39 is 0 Å². The monoisotopic (exact) mass is 181 g/mol. The Morgan fingerprint density at radius 2 is 1.79 bits per heavy atom. The normalized spacial score (nSPS) is 19.3. The highest BCUT2D eigenvalue weighted by molar-refractivity contribution is 5.94. The molecule has 68 valence electrons. The summed E-state index contributed by atoms with van der Waals surface area (Å²) in [6, 6.07) is 13.2. The summed E-state index contributed by atoms with van der Waals surface area (Å²) in [6.07, 6.45) is 0. The highest BCUT2D eigenvalue weighted by atomic mass is 14.3. The van der Waals surface area contributed by atoms with Crippen LogP contribution in [0.1, 0.15) is 30.9 Å². The molecule has 0 heterocycles. The average Bonchev–Trinajstić information content (AvgIpc) is 2.47. The fourth-order valence-electron chi connectivity index (χ4n) is 2.53. The third kappa shape index (κ3) is 0.810. The van der Waals surface area contributed by atoms with Crippen LogP contribution < -0.4 is 0 Å². The topological polar surface area (TPSA) is 0 Å². The number of benzene rings is 2. The van der Waals surface area contributed by atoms with Crippen molar-refractivity contribution in [3.8, 4) is 0 Å². The molecule has 0 aromatic heterocycles. The summed E-state index contributed by atoms with van der Waals surface area (Å²) in [5, 5.41) is 2.85. The molecular formula is C14H13+. The van der Waals surface area contributed by atoms with E-state index in [2.05, 4.69) is 50.2 Å². The van der Waals surface area contributed by atoms with Crippen LogP contribution in [0.2, 0.25) is 0 Å². The van der Waals surface area contributed by atoms with Gasteiger partial charge in [0.25, 0.3) is 0 Å². The van der Waals surface area contributed by atoms with Gasteiger partial charge in [-0.25, -0.2) is 0 Å². The molecule has 1 aliphatic rings. The van der Waals surface area contributed by atoms with Gasteiger partial charge in [-0.2, -0.15) is 0 Å². The molecule has 0 radical (unpaired) electrons. The summed E-state index contributed by atoms with van der Waals surface area (Å²) in [4.78, 5) is 0. The summed E-state index contributed by atoms with van der Waals surface area (Å²) >= 11 is 0. The maximum absolute atomic E-state index is 2.30. The molecule has 14 heavy (non-hydrogen) atoms. The van der Waals surface area contributed by atoms with Crippen molar-refractivity contribution in [1.29, 1.82) is 0 Å². The molecule has 1 aliphatic carbocycles. The number of hydrogen-bond acceptors (Lipinski definition) is 0. The van der Waals surface area contributed by atoms with Crippen LogP contribution in [0.25, 0.3) is 10.8 Å². The first-order chi connectivity index (χ1) is 6.79. The second-order valence-electron chi connectivity index (χ2n) is 4.16. The first kappa shape index (κ1) is 7.93. The van der Waals surface area contributed by atoms with Crippen molar-refractivity contribution in [3.05, 3.63) is 53.4 Å². The van der Waals surface area contributed by atoms with Gasteiger partial charge in [0.1, 0.15) is 5.56 Å². The molecule has 0 saturated heterocycles. The van der Waals surface area contributed by atoms with E-state index in [1.807, 2.05) is 0 Å². The van der Waals surface area contributed by atoms with Crippen molar-refractivity contribution >= 4 is 10.8 Å². The summed E-state index contributed by atoms with van der Waals surface area (Å²) in [6.45, 7) is 4.55. The molecule has 2 aromatic carbocycles. The van der Waals surface area contributed by atoms with Crippen molar-refractivity contribution < 1.29 is 0 Å². The fourth-order valence-corrected chi connectivity index (χ4v) is 2.53. The minimum absolute atomic E-state index is 0.594. The Bertz CT molecular complexity index is 454. The molecule has 0 amide bonds. The number of hydrogen-bond donors (Lipinski definition) is 0. The SMILES string of the molecule is C[C+]1c2cccc3cccc(c23)C1C. The Morgan fingerprint density at radius 1 is 1.07 bits per heavy atom. The Hall–Kier alpha value is -1.43. The average molecular weight is 181 g/mol. The number of rotatable bonds is 0. The molecule has 0 saturated carbocycles. The predicted octanol–water partition coefficient (Wildman–Crippen LogP) is 3.90. The lowest BCUT2D eigenvalue weighted by Gasteiger charge is -2.03. The molecule has 3 rings (SSSR count). The first-order valence-electron chi connectivity index (χ1n) is 5.14. The van der Waals surface area contributed by atoms with Gasteiger partial charge in [-0.1, -0.05) is 6.07 Å². The zero-order valence-electron chi connectivity index (χ0n) is 8.54. The van der Waals surface area contributed by atoms with Gasteiger partial charge in [0.15, 0.2) is 0 Å². The minimum atomic E-state index is 0.594. The van der Waals surface area contributed by atoms with Crippen molar-refractivity contribution in [1.82, 2.24) is 0 Å². The van der Waals surface area contributed by atoms with Gasteiger partial charge in [-0.3, -0.25) is 0 Å². The van der Waals surface area contributed by atoms with Gasteiger partial charge in [0.05, 0.1) is 11.3 Å². The van der Waals surface area contributed by atoms with Gasteiger partial charge in [-0.05, 0) is 31.2 Å². The second kappa shape index (κ2) is 2.54. The van der Waals surface area contributed by atoms with Crippen LogP contribution in [-0.2, 0) is 0 Å². The van der Waals surface area contributed by atoms with Crippen molar-refractivity contribution in [2.24, 2.45) is 0 Å². The molecule has 0 heteroatoms. The standard InChI is InChI=1S/C14H13/c1-9-10(2)13-8-4-6-11-5-3-7-12(9)14(11)13/h3-9H,1-2H3/q+1. The maximum Gasteiger partial charge on any atom is 0.141 e. The van der Waals surface area contributed by atoms with E-state index in [0.717, 1.165) is 0 Å². The first-order valence-corrected chi connectivity index (χ1v) is 5.14. The van der Waals surface area contributed by atoms with Gasteiger partial charge in [0, 0.05) is 29.9 Å². The lowest BCUT2D eigenvalue weighted by atomic mass is 9.94. The van der Waals surface area contributed by atoms with Crippen LogP contribution in [0, 0.1) is 5.92 Å². The Balaban J connectivity index is 2.49. The quantitative estimate of drug-likeness (QED) is 0.541. The maximum atomic E-state index is 2.30. The van der Waals surface area contributed by atoms with E-state index in [-0.39, 0.29) is 0 Å². The molecular weight excluding hydrogens is 168 g/mol. The molecule has 0 nitrogen and oxygen atoms in total. The Kier molecular flexibility index (Phi) is 1.44. The van der Waals surface area contributed by atoms with E-state index in [9.17, 15) is 0 Å². The van der Waals surface area contributed by atoms with Crippen LogP contribution in [0.4, 0.5) is 0 Å². The molecule has 0 spiro atoms. The molecule has 0 bridgehead atoms. The van der Waals surface area contributed by atoms with Crippen LogP contribution in [-0.4, -0.2) is 0 Å². The smallest absolute Gasteiger partial charge is 0.0589 e. The van der Waals surface area contributed by atoms with Gasteiger partial charge >= 0.3 is 0 Å². The van der Waals surface area contributed by atoms with Crippen molar-refractivity contribution in [2.75, 3.05) is 0 Å². The van der Waals surface area contributed by atoms with E-state index in [4.69, 9.17) is 0 Å². The third-order valence-corrected chi connectivity index (χ3v) is 3.48. The molecule has 0 N–H and O–H groups in total. The summed E-state index contributed by atoms with van der Waals surface area (Å²) in [5.41, 5.74) is 2.95. The summed E-state index contributed by atoms with van der Waals surface area (Å²) in [7, 11) is 0. The van der Waals surface area contributed by atoms with E-state index in [1.54, 1.807) is 0 Å². The summed E-state index contributed by atoms with van der Waals surface area (Å²) < 4.78 is 0. The molecule has 2 aromatic rings. The molecule has 0 fully saturated rings. The molecule has 0 aliphatic heterocycles. The largest absolute Gasteiger partial charge is 0.141 e. The van der Waals surface area contributed by atoms with E-state index >= 15 is 0 Å². The lowest BCUT2D eigenvalue weighted by molar-refractivity contribution is 0.837. The fraction of sp³-hybridized carbons (Fsp3) is 0.214. The Morgan fingerprint density at radius 3 is 2.57 bits per heavy atom. The molecule has 1 unspecified atom stereocenters. The van der Waals surface area contributed by atoms with Crippen LogP contribution in [0.15, 0.2) is 36.4 Å². The van der Waals surface area contributed by atoms with Gasteiger partial charge in [0.2, 0.25) is 0 Å². The van der Waals surface area contributed by atoms with E-state index in [1.165, 1.54) is 27.8 Å².